The summed E-state index contributed by atoms with van der Waals surface area (Å²) in [6, 6.07) is 10.2. The van der Waals surface area contributed by atoms with E-state index in [-0.39, 0.29) is 5.82 Å². The summed E-state index contributed by atoms with van der Waals surface area (Å²) < 4.78 is 18.4. The van der Waals surface area contributed by atoms with Crippen LogP contribution in [0, 0.1) is 12.7 Å². The molecule has 0 bridgehead atoms. The number of para-hydroxylation sites is 1. The fourth-order valence-electron chi connectivity index (χ4n) is 1.80. The maximum absolute atomic E-state index is 13.3. The number of hydrogen-bond donors (Lipinski definition) is 2. The van der Waals surface area contributed by atoms with Crippen LogP contribution in [-0.2, 0) is 0 Å². The van der Waals surface area contributed by atoms with Crippen molar-refractivity contribution in [2.24, 2.45) is 0 Å². The van der Waals surface area contributed by atoms with Gasteiger partial charge in [-0.15, -0.1) is 0 Å². The monoisotopic (exact) mass is 246 g/mol. The predicted molar refractivity (Wildman–Crippen MR) is 71.8 cm³/mol. The van der Waals surface area contributed by atoms with Gasteiger partial charge in [-0.2, -0.15) is 0 Å². The van der Waals surface area contributed by atoms with Crippen molar-refractivity contribution < 1.29 is 9.13 Å². The van der Waals surface area contributed by atoms with E-state index in [1.165, 1.54) is 12.1 Å². The van der Waals surface area contributed by atoms with Gasteiger partial charge in [-0.05, 0) is 42.8 Å². The summed E-state index contributed by atoms with van der Waals surface area (Å²) in [6.07, 6.45) is 0. The Kier molecular flexibility index (Phi) is 3.37. The van der Waals surface area contributed by atoms with E-state index in [9.17, 15) is 4.39 Å². The second kappa shape index (κ2) is 4.96. The normalized spacial score (nSPS) is 10.2. The molecule has 18 heavy (non-hydrogen) atoms. The van der Waals surface area contributed by atoms with E-state index in [1.54, 1.807) is 13.2 Å². The first kappa shape index (κ1) is 12.2. The van der Waals surface area contributed by atoms with E-state index >= 15 is 0 Å². The molecule has 0 heterocycles. The Balaban J connectivity index is 2.34. The van der Waals surface area contributed by atoms with E-state index in [4.69, 9.17) is 10.5 Å². The van der Waals surface area contributed by atoms with Gasteiger partial charge in [-0.1, -0.05) is 6.07 Å². The third-order valence-electron chi connectivity index (χ3n) is 2.61. The zero-order valence-electron chi connectivity index (χ0n) is 10.3. The number of hydrogen-bond acceptors (Lipinski definition) is 3. The van der Waals surface area contributed by atoms with Gasteiger partial charge in [0.15, 0.2) is 0 Å². The number of nitrogens with two attached hydrogens (primary N) is 1. The maximum atomic E-state index is 13.3. The van der Waals surface area contributed by atoms with Crippen LogP contribution < -0.4 is 15.8 Å². The second-order valence-electron chi connectivity index (χ2n) is 4.06. The number of rotatable bonds is 3. The molecule has 0 radical (unpaired) electrons. The van der Waals surface area contributed by atoms with Gasteiger partial charge in [-0.25, -0.2) is 4.39 Å². The fourth-order valence-corrected chi connectivity index (χ4v) is 1.80. The van der Waals surface area contributed by atoms with Gasteiger partial charge < -0.3 is 15.8 Å². The Labute approximate surface area is 105 Å². The van der Waals surface area contributed by atoms with Gasteiger partial charge >= 0.3 is 0 Å². The Morgan fingerprint density at radius 3 is 2.67 bits per heavy atom. The zero-order valence-corrected chi connectivity index (χ0v) is 10.3. The Morgan fingerprint density at radius 1 is 1.22 bits per heavy atom. The molecule has 3 N–H and O–H groups in total. The largest absolute Gasteiger partial charge is 0.495 e. The third kappa shape index (κ3) is 2.53. The average Bonchev–Trinajstić information content (AvgIpc) is 2.30. The summed E-state index contributed by atoms with van der Waals surface area (Å²) in [4.78, 5) is 0. The standard InChI is InChI=1S/C14H15FN2O/c1-9-6-10(15)8-11(7-9)17-12-4-3-5-13(18-2)14(12)16/h3-8,17H,16H2,1-2H3. The van der Waals surface area contributed by atoms with Crippen LogP contribution >= 0.6 is 0 Å². The van der Waals surface area contributed by atoms with Gasteiger partial charge in [0.1, 0.15) is 11.6 Å². The molecule has 0 aliphatic heterocycles. The summed E-state index contributed by atoms with van der Waals surface area (Å²) in [5.74, 6) is 0.312. The van der Waals surface area contributed by atoms with E-state index in [1.807, 2.05) is 25.1 Å². The van der Waals surface area contributed by atoms with Crippen LogP contribution in [0.4, 0.5) is 21.5 Å². The lowest BCUT2D eigenvalue weighted by molar-refractivity contribution is 0.417. The molecule has 0 saturated carbocycles. The van der Waals surface area contributed by atoms with E-state index in [0.717, 1.165) is 5.56 Å². The van der Waals surface area contributed by atoms with Crippen molar-refractivity contribution in [2.75, 3.05) is 18.2 Å². The molecule has 0 aliphatic rings. The van der Waals surface area contributed by atoms with Crippen molar-refractivity contribution >= 4 is 17.1 Å². The summed E-state index contributed by atoms with van der Waals surface area (Å²) in [7, 11) is 1.56. The lowest BCUT2D eigenvalue weighted by Crippen LogP contribution is -1.99. The minimum atomic E-state index is -0.279. The number of methoxy groups -OCH3 is 1. The Hall–Kier alpha value is -2.23. The van der Waals surface area contributed by atoms with Crippen LogP contribution in [0.1, 0.15) is 5.56 Å². The molecule has 2 aromatic rings. The molecule has 0 spiro atoms. The molecular weight excluding hydrogens is 231 g/mol. The molecule has 3 nitrogen and oxygen atoms in total. The van der Waals surface area contributed by atoms with E-state index < -0.39 is 0 Å². The molecule has 2 rings (SSSR count). The van der Waals surface area contributed by atoms with Gasteiger partial charge in [0, 0.05) is 5.69 Å². The van der Waals surface area contributed by atoms with Crippen LogP contribution in [0.3, 0.4) is 0 Å². The number of halogens is 1. The first-order valence-electron chi connectivity index (χ1n) is 5.57. The highest BCUT2D eigenvalue weighted by Crippen LogP contribution is 2.31. The number of ether oxygens (including phenoxy) is 1. The number of nitrogens with one attached hydrogen (secondary N) is 1. The van der Waals surface area contributed by atoms with Crippen LogP contribution in [0.25, 0.3) is 0 Å². The third-order valence-corrected chi connectivity index (χ3v) is 2.61. The predicted octanol–water partition coefficient (Wildman–Crippen LogP) is 3.47. The highest BCUT2D eigenvalue weighted by molar-refractivity contribution is 5.77. The zero-order chi connectivity index (χ0) is 13.1. The summed E-state index contributed by atoms with van der Waals surface area (Å²) in [5, 5.41) is 3.08. The van der Waals surface area contributed by atoms with Gasteiger partial charge in [0.05, 0.1) is 18.5 Å². The van der Waals surface area contributed by atoms with Crippen molar-refractivity contribution in [3.05, 3.63) is 47.8 Å². The average molecular weight is 246 g/mol. The van der Waals surface area contributed by atoms with Crippen molar-refractivity contribution in [1.29, 1.82) is 0 Å². The maximum Gasteiger partial charge on any atom is 0.143 e. The van der Waals surface area contributed by atoms with Gasteiger partial charge in [0.2, 0.25) is 0 Å². The lowest BCUT2D eigenvalue weighted by atomic mass is 10.2. The molecule has 94 valence electrons. The highest BCUT2D eigenvalue weighted by Gasteiger charge is 2.06. The first-order valence-corrected chi connectivity index (χ1v) is 5.57. The van der Waals surface area contributed by atoms with Gasteiger partial charge in [0.25, 0.3) is 0 Å². The molecule has 0 aliphatic carbocycles. The lowest BCUT2D eigenvalue weighted by Gasteiger charge is -2.12. The number of benzene rings is 2. The number of nitrogen functional groups attached to an aromatic ring is 1. The Bertz CT molecular complexity index is 549. The minimum absolute atomic E-state index is 0.279. The van der Waals surface area contributed by atoms with Crippen LogP contribution in [0.15, 0.2) is 36.4 Å². The first-order chi connectivity index (χ1) is 8.60. The van der Waals surface area contributed by atoms with Crippen LogP contribution in [0.5, 0.6) is 5.75 Å². The van der Waals surface area contributed by atoms with Crippen molar-refractivity contribution in [2.45, 2.75) is 6.92 Å². The Morgan fingerprint density at radius 2 is 2.00 bits per heavy atom. The van der Waals surface area contributed by atoms with Crippen molar-refractivity contribution in [3.63, 3.8) is 0 Å². The van der Waals surface area contributed by atoms with Gasteiger partial charge in [-0.3, -0.25) is 0 Å². The molecule has 0 amide bonds. The van der Waals surface area contributed by atoms with E-state index in [0.29, 0.717) is 22.8 Å². The van der Waals surface area contributed by atoms with Crippen LogP contribution in [0.2, 0.25) is 0 Å². The van der Waals surface area contributed by atoms with Crippen molar-refractivity contribution in [3.8, 4) is 5.75 Å². The SMILES string of the molecule is COc1cccc(Nc2cc(C)cc(F)c2)c1N. The smallest absolute Gasteiger partial charge is 0.143 e. The van der Waals surface area contributed by atoms with Crippen LogP contribution in [-0.4, -0.2) is 7.11 Å². The summed E-state index contributed by atoms with van der Waals surface area (Å²) >= 11 is 0. The van der Waals surface area contributed by atoms with Crippen molar-refractivity contribution in [1.82, 2.24) is 0 Å². The molecule has 2 aromatic carbocycles. The van der Waals surface area contributed by atoms with E-state index in [2.05, 4.69) is 5.32 Å². The molecule has 0 fully saturated rings. The molecule has 0 aromatic heterocycles. The topological polar surface area (TPSA) is 47.3 Å². The summed E-state index contributed by atoms with van der Waals surface area (Å²) in [5.41, 5.74) is 8.64. The minimum Gasteiger partial charge on any atom is -0.495 e. The molecule has 0 unspecified atom stereocenters. The number of aryl methyl sites for hydroxylation is 1. The molecule has 0 saturated heterocycles. The highest BCUT2D eigenvalue weighted by atomic mass is 19.1. The second-order valence-corrected chi connectivity index (χ2v) is 4.06. The summed E-state index contributed by atoms with van der Waals surface area (Å²) in [6.45, 7) is 1.84. The molecule has 0 atom stereocenters. The molecule has 4 heteroatoms. The fraction of sp³-hybridized carbons (Fsp3) is 0.143. The molecular formula is C14H15FN2O. The quantitative estimate of drug-likeness (QED) is 0.815. The number of anilines is 3.